The lowest BCUT2D eigenvalue weighted by molar-refractivity contribution is -0.137. The van der Waals surface area contributed by atoms with E-state index in [9.17, 15) is 18.0 Å². The van der Waals surface area contributed by atoms with Gasteiger partial charge in [-0.05, 0) is 30.8 Å². The molecule has 0 fully saturated rings. The number of rotatable bonds is 0. The summed E-state index contributed by atoms with van der Waals surface area (Å²) in [5.41, 5.74) is -0.719. The number of carbonyl (C=O) groups excluding carboxylic acids is 1. The van der Waals surface area contributed by atoms with Crippen LogP contribution in [0.15, 0.2) is 23.1 Å². The Morgan fingerprint density at radius 2 is 2.06 bits per heavy atom. The molecule has 2 nitrogen and oxygen atoms in total. The number of para-hydroxylation sites is 1. The maximum atomic E-state index is 12.7. The highest BCUT2D eigenvalue weighted by Crippen LogP contribution is 2.42. The Hall–Kier alpha value is -1.17. The molecular weight excluding hydrogens is 239 g/mol. The summed E-state index contributed by atoms with van der Waals surface area (Å²) in [5, 5.41) is 2.42. The molecule has 1 aliphatic heterocycles. The summed E-state index contributed by atoms with van der Waals surface area (Å²) in [7, 11) is 0. The highest BCUT2D eigenvalue weighted by molar-refractivity contribution is 8.14. The molecule has 2 rings (SSSR count). The second kappa shape index (κ2) is 3.69. The first-order valence-electron chi connectivity index (χ1n) is 4.58. The van der Waals surface area contributed by atoms with Gasteiger partial charge in [-0.1, -0.05) is 6.07 Å². The second-order valence-corrected chi connectivity index (χ2v) is 4.51. The van der Waals surface area contributed by atoms with Crippen LogP contribution in [0.3, 0.4) is 0 Å². The number of fused-ring (bicyclic) bond motifs is 1. The molecule has 0 aliphatic carbocycles. The molecule has 0 aromatic heterocycles. The van der Waals surface area contributed by atoms with E-state index in [1.54, 1.807) is 6.92 Å². The highest BCUT2D eigenvalue weighted by Gasteiger charge is 2.37. The standard InChI is InChI=1S/C10H8F3NOS/c1-5-9(15)16-7-4-2-3-6(8(7)14-5)10(11,12)13/h2-5,14H,1H3. The molecule has 0 saturated heterocycles. The van der Waals surface area contributed by atoms with Gasteiger partial charge in [-0.25, -0.2) is 0 Å². The fourth-order valence-electron chi connectivity index (χ4n) is 1.47. The van der Waals surface area contributed by atoms with Gasteiger partial charge in [-0.2, -0.15) is 13.2 Å². The van der Waals surface area contributed by atoms with Crippen LogP contribution in [0.4, 0.5) is 18.9 Å². The SMILES string of the molecule is CC1Nc2c(cccc2C(F)(F)F)SC1=O. The molecule has 1 unspecified atom stereocenters. The third kappa shape index (κ3) is 1.89. The Morgan fingerprint density at radius 3 is 2.69 bits per heavy atom. The Bertz CT molecular complexity index is 444. The van der Waals surface area contributed by atoms with Crippen molar-refractivity contribution < 1.29 is 18.0 Å². The molecule has 0 radical (unpaired) electrons. The summed E-state index contributed by atoms with van der Waals surface area (Å²) >= 11 is 0.849. The molecule has 0 spiro atoms. The predicted octanol–water partition coefficient (Wildman–Crippen LogP) is 3.14. The van der Waals surface area contributed by atoms with Crippen LogP contribution in [0.25, 0.3) is 0 Å². The molecule has 86 valence electrons. The predicted molar refractivity (Wildman–Crippen MR) is 55.4 cm³/mol. The van der Waals surface area contributed by atoms with E-state index in [4.69, 9.17) is 0 Å². The van der Waals surface area contributed by atoms with Crippen LogP contribution in [0, 0.1) is 0 Å². The van der Waals surface area contributed by atoms with Crippen molar-refractivity contribution in [1.82, 2.24) is 0 Å². The zero-order valence-corrected chi connectivity index (χ0v) is 9.08. The molecule has 1 aromatic carbocycles. The lowest BCUT2D eigenvalue weighted by atomic mass is 10.1. The fraction of sp³-hybridized carbons (Fsp3) is 0.300. The van der Waals surface area contributed by atoms with Crippen molar-refractivity contribution in [3.63, 3.8) is 0 Å². The molecule has 1 heterocycles. The van der Waals surface area contributed by atoms with Crippen molar-refractivity contribution in [2.45, 2.75) is 24.0 Å². The van der Waals surface area contributed by atoms with Gasteiger partial charge in [0.25, 0.3) is 0 Å². The quantitative estimate of drug-likeness (QED) is 0.763. The van der Waals surface area contributed by atoms with Crippen LogP contribution in [-0.4, -0.2) is 11.2 Å². The maximum Gasteiger partial charge on any atom is 0.418 e. The number of hydrogen-bond donors (Lipinski definition) is 1. The topological polar surface area (TPSA) is 29.1 Å². The summed E-state index contributed by atoms with van der Waals surface area (Å²) in [4.78, 5) is 11.7. The molecule has 6 heteroatoms. The van der Waals surface area contributed by atoms with Crippen LogP contribution in [0.5, 0.6) is 0 Å². The van der Waals surface area contributed by atoms with E-state index in [0.717, 1.165) is 17.8 Å². The number of carbonyl (C=O) groups is 1. The van der Waals surface area contributed by atoms with E-state index >= 15 is 0 Å². The first-order chi connectivity index (χ1) is 7.39. The fourth-order valence-corrected chi connectivity index (χ4v) is 2.34. The molecule has 16 heavy (non-hydrogen) atoms. The van der Waals surface area contributed by atoms with Crippen LogP contribution in [0.2, 0.25) is 0 Å². The number of thioether (sulfide) groups is 1. The normalized spacial score (nSPS) is 20.2. The minimum absolute atomic E-state index is 0.00657. The number of benzene rings is 1. The Labute approximate surface area is 94.2 Å². The van der Waals surface area contributed by atoms with E-state index in [1.165, 1.54) is 12.1 Å². The third-order valence-corrected chi connectivity index (χ3v) is 3.37. The smallest absolute Gasteiger partial charge is 0.373 e. The molecule has 1 aliphatic rings. The number of anilines is 1. The monoisotopic (exact) mass is 247 g/mol. The van der Waals surface area contributed by atoms with Gasteiger partial charge in [0.1, 0.15) is 0 Å². The van der Waals surface area contributed by atoms with Crippen molar-refractivity contribution in [2.75, 3.05) is 5.32 Å². The van der Waals surface area contributed by atoms with E-state index in [0.29, 0.717) is 4.90 Å². The highest BCUT2D eigenvalue weighted by atomic mass is 32.2. The van der Waals surface area contributed by atoms with Gasteiger partial charge < -0.3 is 5.32 Å². The van der Waals surface area contributed by atoms with Gasteiger partial charge in [0.05, 0.1) is 17.3 Å². The lowest BCUT2D eigenvalue weighted by Gasteiger charge is -2.25. The average Bonchev–Trinajstić information content (AvgIpc) is 2.17. The summed E-state index contributed by atoms with van der Waals surface area (Å²) < 4.78 is 38.0. The molecule has 1 atom stereocenters. The largest absolute Gasteiger partial charge is 0.418 e. The summed E-state index contributed by atoms with van der Waals surface area (Å²) in [6.07, 6.45) is -4.40. The van der Waals surface area contributed by atoms with Crippen molar-refractivity contribution in [2.24, 2.45) is 0 Å². The van der Waals surface area contributed by atoms with Crippen LogP contribution in [0.1, 0.15) is 12.5 Å². The van der Waals surface area contributed by atoms with Gasteiger partial charge in [0.2, 0.25) is 5.12 Å². The number of nitrogens with one attached hydrogen (secondary N) is 1. The maximum absolute atomic E-state index is 12.7. The van der Waals surface area contributed by atoms with Crippen molar-refractivity contribution >= 4 is 22.6 Å². The summed E-state index contributed by atoms with van der Waals surface area (Å²) in [5.74, 6) is 0. The Balaban J connectivity index is 2.53. The number of alkyl halides is 3. The lowest BCUT2D eigenvalue weighted by Crippen LogP contribution is -2.29. The molecule has 0 saturated carbocycles. The van der Waals surface area contributed by atoms with E-state index in [2.05, 4.69) is 5.32 Å². The first-order valence-corrected chi connectivity index (χ1v) is 5.39. The number of hydrogen-bond acceptors (Lipinski definition) is 3. The molecule has 1 aromatic rings. The Morgan fingerprint density at radius 1 is 1.38 bits per heavy atom. The van der Waals surface area contributed by atoms with Crippen molar-refractivity contribution in [3.8, 4) is 0 Å². The molecule has 0 bridgehead atoms. The molecule has 1 N–H and O–H groups in total. The van der Waals surface area contributed by atoms with Crippen molar-refractivity contribution in [1.29, 1.82) is 0 Å². The van der Waals surface area contributed by atoms with E-state index < -0.39 is 17.8 Å². The van der Waals surface area contributed by atoms with Crippen molar-refractivity contribution in [3.05, 3.63) is 23.8 Å². The average molecular weight is 247 g/mol. The van der Waals surface area contributed by atoms with Crippen LogP contribution in [-0.2, 0) is 11.0 Å². The minimum atomic E-state index is -4.40. The molecule has 0 amide bonds. The zero-order chi connectivity index (χ0) is 11.9. The number of halogens is 3. The van der Waals surface area contributed by atoms with E-state index in [-0.39, 0.29) is 10.8 Å². The third-order valence-electron chi connectivity index (χ3n) is 2.26. The zero-order valence-electron chi connectivity index (χ0n) is 8.26. The Kier molecular flexibility index (Phi) is 2.61. The van der Waals surface area contributed by atoms with Gasteiger partial charge >= 0.3 is 6.18 Å². The first kappa shape index (κ1) is 11.3. The van der Waals surface area contributed by atoms with Crippen LogP contribution >= 0.6 is 11.8 Å². The summed E-state index contributed by atoms with van der Waals surface area (Å²) in [6, 6.07) is 3.22. The van der Waals surface area contributed by atoms with Gasteiger partial charge in [-0.3, -0.25) is 4.79 Å². The second-order valence-electron chi connectivity index (χ2n) is 3.46. The summed E-state index contributed by atoms with van der Waals surface area (Å²) in [6.45, 7) is 1.55. The van der Waals surface area contributed by atoms with Gasteiger partial charge in [0, 0.05) is 4.90 Å². The molecular formula is C10H8F3NOS. The minimum Gasteiger partial charge on any atom is -0.373 e. The van der Waals surface area contributed by atoms with Crippen LogP contribution < -0.4 is 5.32 Å². The van der Waals surface area contributed by atoms with Gasteiger partial charge in [-0.15, -0.1) is 0 Å². The van der Waals surface area contributed by atoms with Gasteiger partial charge in [0.15, 0.2) is 0 Å². The van der Waals surface area contributed by atoms with E-state index in [1.807, 2.05) is 0 Å².